The molecule has 0 aromatic carbocycles. The standard InChI is InChI=1S/C12H17N3O3/c1-13-3-2-10(8-13)12(18)15-6-4-14(5-7-15)9-11(16)17/h2-3,8H,4-7,9H2,1H3,(H,16,17). The number of carbonyl (C=O) groups is 2. The van der Waals surface area contributed by atoms with Crippen LogP contribution in [0.15, 0.2) is 18.5 Å². The molecule has 6 nitrogen and oxygen atoms in total. The van der Waals surface area contributed by atoms with Crippen LogP contribution in [0.1, 0.15) is 10.4 Å². The van der Waals surface area contributed by atoms with Crippen LogP contribution in [0, 0.1) is 0 Å². The molecule has 0 spiro atoms. The van der Waals surface area contributed by atoms with Gasteiger partial charge in [0, 0.05) is 45.6 Å². The molecule has 0 aliphatic carbocycles. The monoisotopic (exact) mass is 251 g/mol. The number of carboxylic acids is 1. The molecule has 18 heavy (non-hydrogen) atoms. The van der Waals surface area contributed by atoms with Crippen LogP contribution in [0.5, 0.6) is 0 Å². The van der Waals surface area contributed by atoms with E-state index < -0.39 is 5.97 Å². The zero-order valence-electron chi connectivity index (χ0n) is 10.4. The van der Waals surface area contributed by atoms with Gasteiger partial charge in [0.05, 0.1) is 12.1 Å². The lowest BCUT2D eigenvalue weighted by Crippen LogP contribution is -2.49. The van der Waals surface area contributed by atoms with Crippen LogP contribution in [0.25, 0.3) is 0 Å². The summed E-state index contributed by atoms with van der Waals surface area (Å²) < 4.78 is 1.84. The van der Waals surface area contributed by atoms with Gasteiger partial charge in [0.15, 0.2) is 0 Å². The summed E-state index contributed by atoms with van der Waals surface area (Å²) in [5.41, 5.74) is 0.684. The number of hydrogen-bond donors (Lipinski definition) is 1. The number of piperazine rings is 1. The molecule has 0 radical (unpaired) electrons. The van der Waals surface area contributed by atoms with E-state index in [1.54, 1.807) is 17.2 Å². The highest BCUT2D eigenvalue weighted by Gasteiger charge is 2.23. The van der Waals surface area contributed by atoms with Crippen molar-refractivity contribution in [1.82, 2.24) is 14.4 Å². The van der Waals surface area contributed by atoms with E-state index in [0.717, 1.165) is 0 Å². The first-order valence-corrected chi connectivity index (χ1v) is 5.91. The van der Waals surface area contributed by atoms with Crippen LogP contribution in [-0.2, 0) is 11.8 Å². The molecule has 0 bridgehead atoms. The van der Waals surface area contributed by atoms with Crippen LogP contribution in [0.2, 0.25) is 0 Å². The fraction of sp³-hybridized carbons (Fsp3) is 0.500. The minimum Gasteiger partial charge on any atom is -0.480 e. The molecule has 0 unspecified atom stereocenters. The van der Waals surface area contributed by atoms with Gasteiger partial charge in [0.2, 0.25) is 0 Å². The third-order valence-electron chi connectivity index (χ3n) is 3.10. The summed E-state index contributed by atoms with van der Waals surface area (Å²) in [5.74, 6) is -0.802. The van der Waals surface area contributed by atoms with E-state index in [1.807, 2.05) is 22.7 Å². The van der Waals surface area contributed by atoms with E-state index in [9.17, 15) is 9.59 Å². The van der Waals surface area contributed by atoms with Gasteiger partial charge in [0.1, 0.15) is 0 Å². The Balaban J connectivity index is 1.90. The van der Waals surface area contributed by atoms with Crippen molar-refractivity contribution < 1.29 is 14.7 Å². The van der Waals surface area contributed by atoms with E-state index >= 15 is 0 Å². The lowest BCUT2D eigenvalue weighted by atomic mass is 10.2. The first kappa shape index (κ1) is 12.6. The summed E-state index contributed by atoms with van der Waals surface area (Å²) in [4.78, 5) is 26.3. The van der Waals surface area contributed by atoms with Gasteiger partial charge >= 0.3 is 5.97 Å². The van der Waals surface area contributed by atoms with E-state index in [4.69, 9.17) is 5.11 Å². The highest BCUT2D eigenvalue weighted by Crippen LogP contribution is 2.08. The Hall–Kier alpha value is -1.82. The van der Waals surface area contributed by atoms with Gasteiger partial charge in [0.25, 0.3) is 5.91 Å². The number of aliphatic carboxylic acids is 1. The molecule has 2 heterocycles. The third-order valence-corrected chi connectivity index (χ3v) is 3.10. The smallest absolute Gasteiger partial charge is 0.317 e. The first-order valence-electron chi connectivity index (χ1n) is 5.91. The van der Waals surface area contributed by atoms with Crippen LogP contribution in [0.4, 0.5) is 0 Å². The second kappa shape index (κ2) is 5.22. The lowest BCUT2D eigenvalue weighted by Gasteiger charge is -2.33. The summed E-state index contributed by atoms with van der Waals surface area (Å²) in [6.45, 7) is 2.45. The molecule has 1 aromatic rings. The van der Waals surface area contributed by atoms with Crippen molar-refractivity contribution >= 4 is 11.9 Å². The number of carbonyl (C=O) groups excluding carboxylic acids is 1. The number of rotatable bonds is 3. The number of aryl methyl sites for hydroxylation is 1. The maximum Gasteiger partial charge on any atom is 0.317 e. The molecule has 1 aromatic heterocycles. The summed E-state index contributed by atoms with van der Waals surface area (Å²) in [6.07, 6.45) is 3.64. The molecule has 1 saturated heterocycles. The average molecular weight is 251 g/mol. The number of amides is 1. The van der Waals surface area contributed by atoms with Crippen LogP contribution in [-0.4, -0.2) is 64.1 Å². The van der Waals surface area contributed by atoms with Gasteiger partial charge in [-0.25, -0.2) is 0 Å². The highest BCUT2D eigenvalue weighted by molar-refractivity contribution is 5.94. The summed E-state index contributed by atoms with van der Waals surface area (Å²) >= 11 is 0. The molecule has 6 heteroatoms. The van der Waals surface area contributed by atoms with Crippen molar-refractivity contribution in [2.24, 2.45) is 7.05 Å². The maximum atomic E-state index is 12.1. The summed E-state index contributed by atoms with van der Waals surface area (Å²) in [5, 5.41) is 8.70. The van der Waals surface area contributed by atoms with Gasteiger partial charge in [-0.3, -0.25) is 14.5 Å². The minimum absolute atomic E-state index is 0.0191. The van der Waals surface area contributed by atoms with Crippen LogP contribution < -0.4 is 0 Å². The first-order chi connectivity index (χ1) is 8.56. The lowest BCUT2D eigenvalue weighted by molar-refractivity contribution is -0.138. The van der Waals surface area contributed by atoms with E-state index in [0.29, 0.717) is 31.7 Å². The van der Waals surface area contributed by atoms with Gasteiger partial charge in [-0.2, -0.15) is 0 Å². The Morgan fingerprint density at radius 3 is 2.44 bits per heavy atom. The van der Waals surface area contributed by atoms with Crippen molar-refractivity contribution in [2.75, 3.05) is 32.7 Å². The van der Waals surface area contributed by atoms with Crippen molar-refractivity contribution in [3.8, 4) is 0 Å². The topological polar surface area (TPSA) is 65.8 Å². The molecular weight excluding hydrogens is 234 g/mol. The fourth-order valence-electron chi connectivity index (χ4n) is 2.11. The Morgan fingerprint density at radius 1 is 1.28 bits per heavy atom. The van der Waals surface area contributed by atoms with E-state index in [2.05, 4.69) is 0 Å². The molecule has 1 N–H and O–H groups in total. The molecular formula is C12H17N3O3. The molecule has 0 saturated carbocycles. The normalized spacial score (nSPS) is 16.8. The summed E-state index contributed by atoms with van der Waals surface area (Å²) in [7, 11) is 1.88. The SMILES string of the molecule is Cn1ccc(C(=O)N2CCN(CC(=O)O)CC2)c1. The molecule has 1 aliphatic heterocycles. The Bertz CT molecular complexity index is 447. The van der Waals surface area contributed by atoms with Gasteiger partial charge in [-0.15, -0.1) is 0 Å². The predicted octanol–water partition coefficient (Wildman–Crippen LogP) is -0.132. The van der Waals surface area contributed by atoms with Gasteiger partial charge in [-0.1, -0.05) is 0 Å². The number of aromatic nitrogens is 1. The minimum atomic E-state index is -0.821. The third kappa shape index (κ3) is 2.89. The van der Waals surface area contributed by atoms with Crippen molar-refractivity contribution in [3.05, 3.63) is 24.0 Å². The molecule has 1 amide bonds. The van der Waals surface area contributed by atoms with E-state index in [1.165, 1.54) is 0 Å². The van der Waals surface area contributed by atoms with Crippen LogP contribution >= 0.6 is 0 Å². The zero-order chi connectivity index (χ0) is 13.1. The highest BCUT2D eigenvalue weighted by atomic mass is 16.4. The Labute approximate surface area is 105 Å². The van der Waals surface area contributed by atoms with Crippen molar-refractivity contribution in [1.29, 1.82) is 0 Å². The molecule has 0 atom stereocenters. The summed E-state index contributed by atoms with van der Waals surface area (Å²) in [6, 6.07) is 1.80. The number of nitrogens with zero attached hydrogens (tertiary/aromatic N) is 3. The zero-order valence-corrected chi connectivity index (χ0v) is 10.4. The van der Waals surface area contributed by atoms with Gasteiger partial charge < -0.3 is 14.6 Å². The van der Waals surface area contributed by atoms with Gasteiger partial charge in [-0.05, 0) is 6.07 Å². The molecule has 1 fully saturated rings. The fourth-order valence-corrected chi connectivity index (χ4v) is 2.11. The largest absolute Gasteiger partial charge is 0.480 e. The quantitative estimate of drug-likeness (QED) is 0.812. The van der Waals surface area contributed by atoms with Crippen molar-refractivity contribution in [3.63, 3.8) is 0 Å². The predicted molar refractivity (Wildman–Crippen MR) is 65.4 cm³/mol. The van der Waals surface area contributed by atoms with E-state index in [-0.39, 0.29) is 12.5 Å². The molecule has 98 valence electrons. The van der Waals surface area contributed by atoms with Crippen LogP contribution in [0.3, 0.4) is 0 Å². The Morgan fingerprint density at radius 2 is 1.94 bits per heavy atom. The Kier molecular flexibility index (Phi) is 3.66. The average Bonchev–Trinajstić information content (AvgIpc) is 2.75. The number of hydrogen-bond acceptors (Lipinski definition) is 3. The number of carboxylic acid groups (broad SMARTS) is 1. The van der Waals surface area contributed by atoms with Crippen molar-refractivity contribution in [2.45, 2.75) is 0 Å². The maximum absolute atomic E-state index is 12.1. The molecule has 2 rings (SSSR count). The second-order valence-electron chi connectivity index (χ2n) is 4.53. The molecule has 1 aliphatic rings. The second-order valence-corrected chi connectivity index (χ2v) is 4.53.